The molecule has 27 heavy (non-hydrogen) atoms. The molecule has 1 fully saturated rings. The molecule has 8 heteroatoms. The minimum atomic E-state index is -3.92. The Hall–Kier alpha value is -2.76. The Bertz CT molecular complexity index is 1010. The maximum atomic E-state index is 13.4. The highest BCUT2D eigenvalue weighted by atomic mass is 32.2. The van der Waals surface area contributed by atoms with E-state index in [9.17, 15) is 17.6 Å². The fourth-order valence-electron chi connectivity index (χ4n) is 2.94. The number of halogens is 1. The summed E-state index contributed by atoms with van der Waals surface area (Å²) in [6.45, 7) is 1.45. The fraction of sp³-hybridized carbons (Fsp3) is 0.263. The maximum absolute atomic E-state index is 13.4. The number of nitrogens with one attached hydrogen (secondary N) is 1. The summed E-state index contributed by atoms with van der Waals surface area (Å²) in [5.41, 5.74) is 0.810. The SMILES string of the molecule is N#Cc1cc(S(=O)(=O)NCc2cccc(C(=O)N3CCCC3)c2)ccc1F. The molecule has 0 aromatic heterocycles. The Morgan fingerprint density at radius 1 is 1.19 bits per heavy atom. The number of likely N-dealkylation sites (tertiary alicyclic amines) is 1. The Morgan fingerprint density at radius 3 is 2.63 bits per heavy atom. The van der Waals surface area contributed by atoms with Gasteiger partial charge in [-0.15, -0.1) is 0 Å². The molecule has 140 valence electrons. The molecule has 1 heterocycles. The Balaban J connectivity index is 1.73. The average molecular weight is 387 g/mol. The number of sulfonamides is 1. The van der Waals surface area contributed by atoms with Gasteiger partial charge in [-0.2, -0.15) is 5.26 Å². The van der Waals surface area contributed by atoms with Crippen molar-refractivity contribution in [3.63, 3.8) is 0 Å². The van der Waals surface area contributed by atoms with Gasteiger partial charge in [0, 0.05) is 25.2 Å². The molecule has 1 N–H and O–H groups in total. The van der Waals surface area contributed by atoms with Gasteiger partial charge in [0.2, 0.25) is 10.0 Å². The van der Waals surface area contributed by atoms with E-state index in [0.717, 1.165) is 44.1 Å². The molecule has 1 saturated heterocycles. The first-order valence-electron chi connectivity index (χ1n) is 8.48. The van der Waals surface area contributed by atoms with Crippen molar-refractivity contribution < 1.29 is 17.6 Å². The average Bonchev–Trinajstić information content (AvgIpc) is 3.21. The number of rotatable bonds is 5. The van der Waals surface area contributed by atoms with Gasteiger partial charge in [-0.25, -0.2) is 17.5 Å². The van der Waals surface area contributed by atoms with Gasteiger partial charge in [-0.1, -0.05) is 12.1 Å². The quantitative estimate of drug-likeness (QED) is 0.853. The van der Waals surface area contributed by atoms with Crippen LogP contribution >= 0.6 is 0 Å². The van der Waals surface area contributed by atoms with Crippen LogP contribution in [0.5, 0.6) is 0 Å². The highest BCUT2D eigenvalue weighted by Crippen LogP contribution is 2.16. The largest absolute Gasteiger partial charge is 0.339 e. The van der Waals surface area contributed by atoms with Gasteiger partial charge in [0.25, 0.3) is 5.91 Å². The fourth-order valence-corrected chi connectivity index (χ4v) is 3.98. The van der Waals surface area contributed by atoms with E-state index in [0.29, 0.717) is 11.1 Å². The number of hydrogen-bond acceptors (Lipinski definition) is 4. The van der Waals surface area contributed by atoms with Crippen LogP contribution in [0.4, 0.5) is 4.39 Å². The summed E-state index contributed by atoms with van der Waals surface area (Å²) in [4.78, 5) is 14.0. The van der Waals surface area contributed by atoms with Crippen molar-refractivity contribution in [2.24, 2.45) is 0 Å². The number of nitrogens with zero attached hydrogens (tertiary/aromatic N) is 2. The van der Waals surface area contributed by atoms with E-state index < -0.39 is 15.8 Å². The van der Waals surface area contributed by atoms with Crippen LogP contribution in [0.25, 0.3) is 0 Å². The summed E-state index contributed by atoms with van der Waals surface area (Å²) in [7, 11) is -3.92. The van der Waals surface area contributed by atoms with Crippen molar-refractivity contribution in [3.8, 4) is 6.07 Å². The topological polar surface area (TPSA) is 90.3 Å². The Kier molecular flexibility index (Phi) is 5.54. The maximum Gasteiger partial charge on any atom is 0.253 e. The van der Waals surface area contributed by atoms with Gasteiger partial charge in [0.15, 0.2) is 0 Å². The van der Waals surface area contributed by atoms with E-state index in [1.807, 2.05) is 0 Å². The number of amides is 1. The number of carbonyl (C=O) groups is 1. The molecule has 2 aromatic rings. The third-order valence-corrected chi connectivity index (χ3v) is 5.80. The first kappa shape index (κ1) is 19.0. The van der Waals surface area contributed by atoms with Gasteiger partial charge in [-0.05, 0) is 48.7 Å². The molecule has 0 bridgehead atoms. The number of carbonyl (C=O) groups excluding carboxylic acids is 1. The smallest absolute Gasteiger partial charge is 0.253 e. The molecule has 0 radical (unpaired) electrons. The lowest BCUT2D eigenvalue weighted by Crippen LogP contribution is -2.28. The van der Waals surface area contributed by atoms with Crippen LogP contribution in [0.15, 0.2) is 47.4 Å². The lowest BCUT2D eigenvalue weighted by atomic mass is 10.1. The highest BCUT2D eigenvalue weighted by Gasteiger charge is 2.20. The van der Waals surface area contributed by atoms with Gasteiger partial charge in [-0.3, -0.25) is 4.79 Å². The van der Waals surface area contributed by atoms with Crippen molar-refractivity contribution in [1.82, 2.24) is 9.62 Å². The van der Waals surface area contributed by atoms with Crippen molar-refractivity contribution in [1.29, 1.82) is 5.26 Å². The summed E-state index contributed by atoms with van der Waals surface area (Å²) >= 11 is 0. The molecule has 0 spiro atoms. The van der Waals surface area contributed by atoms with Crippen LogP contribution in [-0.4, -0.2) is 32.3 Å². The summed E-state index contributed by atoms with van der Waals surface area (Å²) in [5.74, 6) is -0.834. The van der Waals surface area contributed by atoms with Gasteiger partial charge in [0.05, 0.1) is 10.5 Å². The first-order valence-corrected chi connectivity index (χ1v) is 9.96. The standard InChI is InChI=1S/C19H18FN3O3S/c20-18-7-6-17(11-16(18)12-21)27(25,26)22-13-14-4-3-5-15(10-14)19(24)23-8-1-2-9-23/h3-7,10-11,22H,1-2,8-9,13H2. The highest BCUT2D eigenvalue weighted by molar-refractivity contribution is 7.89. The molecule has 0 saturated carbocycles. The number of hydrogen-bond donors (Lipinski definition) is 1. The second kappa shape index (κ2) is 7.86. The predicted molar refractivity (Wildman–Crippen MR) is 96.7 cm³/mol. The Labute approximate surface area is 157 Å². The normalized spacial score (nSPS) is 14.1. The summed E-state index contributed by atoms with van der Waals surface area (Å²) in [5, 5.41) is 8.85. The van der Waals surface area contributed by atoms with Crippen molar-refractivity contribution in [3.05, 3.63) is 65.0 Å². The predicted octanol–water partition coefficient (Wildman–Crippen LogP) is 2.41. The van der Waals surface area contributed by atoms with E-state index in [4.69, 9.17) is 5.26 Å². The molecular weight excluding hydrogens is 369 g/mol. The molecule has 1 aliphatic heterocycles. The summed E-state index contributed by atoms with van der Waals surface area (Å²) in [6.07, 6.45) is 1.99. The molecule has 3 rings (SSSR count). The van der Waals surface area contributed by atoms with Gasteiger partial charge in [0.1, 0.15) is 11.9 Å². The molecular formula is C19H18FN3O3S. The lowest BCUT2D eigenvalue weighted by molar-refractivity contribution is 0.0792. The van der Waals surface area contributed by atoms with E-state index in [1.165, 1.54) is 0 Å². The molecule has 6 nitrogen and oxygen atoms in total. The minimum absolute atomic E-state index is 0.0251. The molecule has 0 aliphatic carbocycles. The van der Waals surface area contributed by atoms with Crippen molar-refractivity contribution in [2.75, 3.05) is 13.1 Å². The van der Waals surface area contributed by atoms with Crippen molar-refractivity contribution in [2.45, 2.75) is 24.3 Å². The van der Waals surface area contributed by atoms with E-state index in [2.05, 4.69) is 4.72 Å². The zero-order valence-electron chi connectivity index (χ0n) is 14.5. The molecule has 2 aromatic carbocycles. The second-order valence-corrected chi connectivity index (χ2v) is 8.04. The Morgan fingerprint density at radius 2 is 1.93 bits per heavy atom. The van der Waals surface area contributed by atoms with Gasteiger partial charge < -0.3 is 4.90 Å². The van der Waals surface area contributed by atoms with Crippen LogP contribution in [0.2, 0.25) is 0 Å². The van der Waals surface area contributed by atoms with Crippen LogP contribution in [0.3, 0.4) is 0 Å². The van der Waals surface area contributed by atoms with Gasteiger partial charge >= 0.3 is 0 Å². The monoisotopic (exact) mass is 387 g/mol. The van der Waals surface area contributed by atoms with E-state index in [-0.39, 0.29) is 22.9 Å². The molecule has 1 amide bonds. The van der Waals surface area contributed by atoms with Crippen LogP contribution in [-0.2, 0) is 16.6 Å². The van der Waals surface area contributed by atoms with Crippen LogP contribution in [0.1, 0.15) is 34.3 Å². The van der Waals surface area contributed by atoms with Crippen molar-refractivity contribution >= 4 is 15.9 Å². The van der Waals surface area contributed by atoms with E-state index >= 15 is 0 Å². The van der Waals surface area contributed by atoms with Crippen LogP contribution in [0, 0.1) is 17.1 Å². The summed E-state index contributed by atoms with van der Waals surface area (Å²) < 4.78 is 40.6. The molecule has 1 aliphatic rings. The first-order chi connectivity index (χ1) is 12.9. The third kappa shape index (κ3) is 4.32. The lowest BCUT2D eigenvalue weighted by Gasteiger charge is -2.15. The second-order valence-electron chi connectivity index (χ2n) is 6.28. The third-order valence-electron chi connectivity index (χ3n) is 4.40. The van der Waals surface area contributed by atoms with Crippen LogP contribution < -0.4 is 4.72 Å². The number of nitriles is 1. The van der Waals surface area contributed by atoms with E-state index in [1.54, 1.807) is 35.2 Å². The summed E-state index contributed by atoms with van der Waals surface area (Å²) in [6, 6.07) is 11.5. The number of benzene rings is 2. The minimum Gasteiger partial charge on any atom is -0.339 e. The molecule has 0 unspecified atom stereocenters. The zero-order valence-corrected chi connectivity index (χ0v) is 15.3. The molecule has 0 atom stereocenters. The zero-order chi connectivity index (χ0) is 19.4.